The van der Waals surface area contributed by atoms with E-state index in [1.165, 1.54) is 31.0 Å². The average molecular weight is 1170 g/mol. The molecule has 4 aromatic carbocycles. The number of amides is 3. The van der Waals surface area contributed by atoms with E-state index in [1.807, 2.05) is 19.1 Å². The number of H-pyrrole nitrogens is 1. The summed E-state index contributed by atoms with van der Waals surface area (Å²) in [5.74, 6) is -0.312. The van der Waals surface area contributed by atoms with Gasteiger partial charge in [0.2, 0.25) is 17.7 Å². The molecule has 2 unspecified atom stereocenters. The minimum atomic E-state index is -2.02. The summed E-state index contributed by atoms with van der Waals surface area (Å²) in [6.07, 6.45) is 0.958. The maximum Gasteiger partial charge on any atom is 0.347 e. The SMILES string of the molecule is CC(C)(C)C(=O)NC1=NN(c2c(Cl)cc(Cl)cc2Cl)C(=O)C1Sc1ccc(Cl)cc1NC(=O)C(C)(C)C.COC(=O)c1c(Oc2ccccc2OC)[nH]n2nc(NS(=O)Oc3cc(C(C)(C)CC(C)(C)C)ccc3C)nc12. The molecule has 4 N–H and O–H groups in total. The van der Waals surface area contributed by atoms with E-state index in [0.717, 1.165) is 34.3 Å². The maximum atomic E-state index is 13.7. The van der Waals surface area contributed by atoms with E-state index >= 15 is 0 Å². The summed E-state index contributed by atoms with van der Waals surface area (Å²) < 4.78 is 38.7. The number of hydrogen-bond donors (Lipinski definition) is 4. The van der Waals surface area contributed by atoms with Gasteiger partial charge in [-0.15, -0.1) is 26.6 Å². The van der Waals surface area contributed by atoms with E-state index in [1.54, 1.807) is 84.0 Å². The number of aromatic nitrogens is 4. The first-order valence-electron chi connectivity index (χ1n) is 23.8. The number of fused-ring (bicyclic) bond motifs is 1. The van der Waals surface area contributed by atoms with Crippen LogP contribution in [0.3, 0.4) is 0 Å². The number of nitrogens with zero attached hydrogens (tertiary/aromatic N) is 5. The second-order valence-corrected chi connectivity index (χ2v) is 25.3. The lowest BCUT2D eigenvalue weighted by Crippen LogP contribution is -2.43. The van der Waals surface area contributed by atoms with Gasteiger partial charge in [-0.2, -0.15) is 14.2 Å². The van der Waals surface area contributed by atoms with Crippen molar-refractivity contribution in [1.82, 2.24) is 25.1 Å². The van der Waals surface area contributed by atoms with E-state index in [0.29, 0.717) is 37.9 Å². The number of methoxy groups -OCH3 is 2. The van der Waals surface area contributed by atoms with Gasteiger partial charge in [0, 0.05) is 25.8 Å². The van der Waals surface area contributed by atoms with Crippen LogP contribution in [-0.2, 0) is 35.8 Å². The molecule has 18 nitrogen and oxygen atoms in total. The number of ether oxygens (including phenoxy) is 3. The maximum absolute atomic E-state index is 13.7. The van der Waals surface area contributed by atoms with Crippen molar-refractivity contribution in [3.8, 4) is 23.1 Å². The highest BCUT2D eigenvalue weighted by Crippen LogP contribution is 2.43. The lowest BCUT2D eigenvalue weighted by Gasteiger charge is -2.33. The second kappa shape index (κ2) is 23.9. The first-order chi connectivity index (χ1) is 35.8. The Hall–Kier alpha value is -6.03. The minimum absolute atomic E-state index is 0.00489. The fraction of sp³-hybridized carbons (Fsp3) is 0.377. The Morgan fingerprint density at radius 3 is 2.01 bits per heavy atom. The van der Waals surface area contributed by atoms with Crippen LogP contribution in [0.1, 0.15) is 104 Å². The van der Waals surface area contributed by atoms with E-state index in [9.17, 15) is 23.4 Å². The Balaban J connectivity index is 0.000000250. The summed E-state index contributed by atoms with van der Waals surface area (Å²) in [4.78, 5) is 56.7. The molecule has 412 valence electrons. The van der Waals surface area contributed by atoms with Crippen molar-refractivity contribution >= 4 is 122 Å². The zero-order valence-electron chi connectivity index (χ0n) is 45.0. The Labute approximate surface area is 474 Å². The number of para-hydroxylation sites is 2. The number of carbonyl (C=O) groups excluding carboxylic acids is 4. The number of halogens is 4. The van der Waals surface area contributed by atoms with Crippen LogP contribution >= 0.6 is 58.2 Å². The molecule has 0 saturated heterocycles. The van der Waals surface area contributed by atoms with Crippen molar-refractivity contribution in [3.63, 3.8) is 0 Å². The van der Waals surface area contributed by atoms with Gasteiger partial charge in [0.05, 0.1) is 30.0 Å². The van der Waals surface area contributed by atoms with Gasteiger partial charge in [0.1, 0.15) is 11.4 Å². The zero-order valence-corrected chi connectivity index (χ0v) is 49.6. The Kier molecular flexibility index (Phi) is 18.7. The van der Waals surface area contributed by atoms with Gasteiger partial charge in [-0.05, 0) is 83.8 Å². The molecule has 1 aliphatic rings. The molecule has 0 radical (unpaired) electrons. The number of esters is 1. The Bertz CT molecular complexity index is 3270. The number of amidine groups is 1. The summed E-state index contributed by atoms with van der Waals surface area (Å²) in [7, 11) is 2.76. The van der Waals surface area contributed by atoms with Crippen molar-refractivity contribution in [3.05, 3.63) is 110 Å². The van der Waals surface area contributed by atoms with Crippen LogP contribution in [0.25, 0.3) is 5.65 Å². The summed E-state index contributed by atoms with van der Waals surface area (Å²) in [6, 6.07) is 20.7. The molecule has 0 spiro atoms. The van der Waals surface area contributed by atoms with Crippen LogP contribution in [0.4, 0.5) is 17.3 Å². The number of thioether (sulfide) groups is 1. The van der Waals surface area contributed by atoms with Crippen molar-refractivity contribution in [2.45, 2.75) is 105 Å². The molecule has 3 amide bonds. The number of benzene rings is 4. The molecule has 2 aromatic heterocycles. The molecule has 0 bridgehead atoms. The number of hydrogen-bond acceptors (Lipinski definition) is 13. The lowest BCUT2D eigenvalue weighted by atomic mass is 9.72. The third kappa shape index (κ3) is 15.0. The van der Waals surface area contributed by atoms with Crippen LogP contribution in [0.15, 0.2) is 82.8 Å². The highest BCUT2D eigenvalue weighted by molar-refractivity contribution is 8.01. The molecular weight excluding hydrogens is 1110 g/mol. The molecule has 7 rings (SSSR count). The first-order valence-corrected chi connectivity index (χ1v) is 27.3. The Morgan fingerprint density at radius 2 is 1.42 bits per heavy atom. The fourth-order valence-electron chi connectivity index (χ4n) is 7.71. The fourth-order valence-corrected chi connectivity index (χ4v) is 10.5. The summed E-state index contributed by atoms with van der Waals surface area (Å²) in [5.41, 5.74) is 1.20. The number of carbonyl (C=O) groups is 4. The predicted octanol–water partition coefficient (Wildman–Crippen LogP) is 13.0. The molecule has 77 heavy (non-hydrogen) atoms. The van der Waals surface area contributed by atoms with Crippen LogP contribution in [-0.4, -0.2) is 73.0 Å². The largest absolute Gasteiger partial charge is 0.493 e. The van der Waals surface area contributed by atoms with Gasteiger partial charge in [-0.1, -0.05) is 147 Å². The van der Waals surface area contributed by atoms with Crippen LogP contribution < -0.4 is 34.0 Å². The number of rotatable bonds is 14. The van der Waals surface area contributed by atoms with Crippen molar-refractivity contribution in [2.75, 3.05) is 29.3 Å². The van der Waals surface area contributed by atoms with Crippen LogP contribution in [0.5, 0.6) is 23.1 Å². The number of aryl methyl sites for hydroxylation is 1. The van der Waals surface area contributed by atoms with E-state index in [2.05, 4.69) is 76.3 Å². The monoisotopic (exact) mass is 1170 g/mol. The minimum Gasteiger partial charge on any atom is -0.493 e. The van der Waals surface area contributed by atoms with Crippen molar-refractivity contribution in [2.24, 2.45) is 21.3 Å². The van der Waals surface area contributed by atoms with E-state index < -0.39 is 39.2 Å². The molecule has 0 fully saturated rings. The molecule has 1 aliphatic heterocycles. The number of nitrogens with one attached hydrogen (secondary N) is 4. The van der Waals surface area contributed by atoms with Crippen LogP contribution in [0, 0.1) is 23.2 Å². The topological polar surface area (TPSA) is 220 Å². The van der Waals surface area contributed by atoms with Crippen molar-refractivity contribution in [1.29, 1.82) is 0 Å². The number of anilines is 3. The molecule has 0 saturated carbocycles. The van der Waals surface area contributed by atoms with Gasteiger partial charge >= 0.3 is 17.2 Å². The molecule has 3 heterocycles. The van der Waals surface area contributed by atoms with E-state index in [4.69, 9.17) is 64.8 Å². The van der Waals surface area contributed by atoms with E-state index in [-0.39, 0.29) is 67.3 Å². The zero-order chi connectivity index (χ0) is 57.1. The highest BCUT2D eigenvalue weighted by Gasteiger charge is 2.42. The molecule has 0 aliphatic carbocycles. The molecule has 24 heteroatoms. The third-order valence-electron chi connectivity index (χ3n) is 11.3. The van der Waals surface area contributed by atoms with Gasteiger partial charge in [-0.3, -0.25) is 14.4 Å². The van der Waals surface area contributed by atoms with Crippen LogP contribution in [0.2, 0.25) is 20.1 Å². The second-order valence-electron chi connectivity index (χ2n) is 21.7. The number of aromatic amines is 1. The summed E-state index contributed by atoms with van der Waals surface area (Å²) >= 11 is 24.1. The van der Waals surface area contributed by atoms with Gasteiger partial charge < -0.3 is 29.0 Å². The van der Waals surface area contributed by atoms with Gasteiger partial charge in [0.25, 0.3) is 11.9 Å². The first kappa shape index (κ1) is 60.2. The lowest BCUT2D eigenvalue weighted by molar-refractivity contribution is -0.127. The Morgan fingerprint density at radius 1 is 0.792 bits per heavy atom. The third-order valence-corrected chi connectivity index (χ3v) is 14.3. The molecule has 2 atom stereocenters. The summed E-state index contributed by atoms with van der Waals surface area (Å²) in [6.45, 7) is 23.4. The average Bonchev–Trinajstić information content (AvgIpc) is 3.95. The predicted molar refractivity (Wildman–Crippen MR) is 306 cm³/mol. The summed E-state index contributed by atoms with van der Waals surface area (Å²) in [5, 5.41) is 18.1. The van der Waals surface area contributed by atoms with Crippen molar-refractivity contribution < 1.29 is 41.8 Å². The highest BCUT2D eigenvalue weighted by atomic mass is 35.5. The number of hydrazone groups is 1. The molecule has 6 aromatic rings. The normalized spacial score (nSPS) is 14.3. The standard InChI is InChI=1S/C28H35N5O6S.C25H26Cl4N4O3S/c1-17-13-14-18(28(5,6)16-27(2,3)4)15-21(17)39-40(35)32-26-29-23-22(25(34)37-8)24(30-33(23)31-26)38-20-12-10-9-11-19(20)36-7;1-24(2,3)22(35)30-16-11-12(26)7-8-17(16)37-19-20(31-23(36)25(4,5)6)32-33(21(19)34)18-14(28)9-13(27)10-15(18)29/h9-15,30H,16H2,1-8H3,(H,31,32);7-11,19H,1-6H3,(H,30,35)(H,31,32,36). The molecular formula is C53H61Cl4N9O9S2. The van der Waals surface area contributed by atoms with Gasteiger partial charge in [-0.25, -0.2) is 14.6 Å². The van der Waals surface area contributed by atoms with Gasteiger partial charge in [0.15, 0.2) is 33.8 Å². The smallest absolute Gasteiger partial charge is 0.347 e. The quantitative estimate of drug-likeness (QED) is 0.0749.